The second-order valence-electron chi connectivity index (χ2n) is 7.20. The Labute approximate surface area is 197 Å². The number of esters is 1. The first-order valence-electron chi connectivity index (χ1n) is 10.3. The van der Waals surface area contributed by atoms with Crippen molar-refractivity contribution in [1.29, 1.82) is 0 Å². The molecule has 0 saturated heterocycles. The molecule has 3 aromatic rings. The van der Waals surface area contributed by atoms with Crippen LogP contribution in [0.25, 0.3) is 6.08 Å². The summed E-state index contributed by atoms with van der Waals surface area (Å²) in [5, 5.41) is 0.343. The summed E-state index contributed by atoms with van der Waals surface area (Å²) >= 11 is 6.45. The predicted octanol–water partition coefficient (Wildman–Crippen LogP) is 5.46. The molecule has 0 radical (unpaired) electrons. The molecule has 6 nitrogen and oxygen atoms in total. The van der Waals surface area contributed by atoms with Gasteiger partial charge in [-0.2, -0.15) is 0 Å². The van der Waals surface area contributed by atoms with Crippen LogP contribution in [0.4, 0.5) is 0 Å². The van der Waals surface area contributed by atoms with Gasteiger partial charge >= 0.3 is 5.97 Å². The van der Waals surface area contributed by atoms with Gasteiger partial charge in [0.2, 0.25) is 5.90 Å². The second-order valence-corrected chi connectivity index (χ2v) is 7.61. The molecule has 168 valence electrons. The Hall–Kier alpha value is -3.77. The molecule has 0 fully saturated rings. The zero-order valence-electron chi connectivity index (χ0n) is 18.2. The molecule has 0 spiro atoms. The molecular formula is C26H22ClNO5. The first kappa shape index (κ1) is 22.4. The van der Waals surface area contributed by atoms with Gasteiger partial charge in [0.15, 0.2) is 17.2 Å². The monoisotopic (exact) mass is 463 g/mol. The fourth-order valence-corrected chi connectivity index (χ4v) is 3.52. The van der Waals surface area contributed by atoms with E-state index in [1.54, 1.807) is 18.2 Å². The van der Waals surface area contributed by atoms with Crippen molar-refractivity contribution in [2.24, 2.45) is 4.99 Å². The van der Waals surface area contributed by atoms with Gasteiger partial charge in [-0.3, -0.25) is 0 Å². The number of ether oxygens (including phenoxy) is 4. The van der Waals surface area contributed by atoms with E-state index >= 15 is 0 Å². The lowest BCUT2D eigenvalue weighted by Crippen LogP contribution is -2.10. The van der Waals surface area contributed by atoms with Gasteiger partial charge in [0.25, 0.3) is 0 Å². The Kier molecular flexibility index (Phi) is 6.95. The van der Waals surface area contributed by atoms with Crippen molar-refractivity contribution in [3.8, 4) is 17.2 Å². The zero-order chi connectivity index (χ0) is 23.2. The summed E-state index contributed by atoms with van der Waals surface area (Å²) in [6, 6.07) is 20.4. The zero-order valence-corrected chi connectivity index (χ0v) is 19.0. The summed E-state index contributed by atoms with van der Waals surface area (Å²) in [5.74, 6) is 1.37. The minimum absolute atomic E-state index is 0.173. The van der Waals surface area contributed by atoms with Crippen LogP contribution in [-0.2, 0) is 9.53 Å². The van der Waals surface area contributed by atoms with Crippen LogP contribution in [0, 0.1) is 6.92 Å². The molecule has 0 aliphatic carbocycles. The highest BCUT2D eigenvalue weighted by molar-refractivity contribution is 6.32. The maximum absolute atomic E-state index is 12.3. The van der Waals surface area contributed by atoms with Gasteiger partial charge in [0.1, 0.15) is 19.0 Å². The minimum Gasteiger partial charge on any atom is -0.493 e. The van der Waals surface area contributed by atoms with E-state index < -0.39 is 5.97 Å². The number of hydrogen-bond acceptors (Lipinski definition) is 6. The first-order chi connectivity index (χ1) is 16.0. The van der Waals surface area contributed by atoms with Crippen molar-refractivity contribution in [3.05, 3.63) is 94.1 Å². The number of nitrogens with zero attached hydrogens (tertiary/aromatic N) is 1. The van der Waals surface area contributed by atoms with Crippen molar-refractivity contribution >= 4 is 29.5 Å². The topological polar surface area (TPSA) is 66.4 Å². The summed E-state index contributed by atoms with van der Waals surface area (Å²) in [6.07, 6.45) is 1.59. The van der Waals surface area contributed by atoms with E-state index in [0.29, 0.717) is 28.7 Å². The molecule has 7 heteroatoms. The Bertz CT molecular complexity index is 1220. The highest BCUT2D eigenvalue weighted by Gasteiger charge is 2.24. The molecule has 1 heterocycles. The van der Waals surface area contributed by atoms with E-state index in [-0.39, 0.29) is 18.2 Å². The Morgan fingerprint density at radius 3 is 2.45 bits per heavy atom. The average molecular weight is 464 g/mol. The van der Waals surface area contributed by atoms with Gasteiger partial charge < -0.3 is 18.9 Å². The van der Waals surface area contributed by atoms with E-state index in [1.807, 2.05) is 61.5 Å². The number of halogens is 1. The van der Waals surface area contributed by atoms with Crippen molar-refractivity contribution in [3.63, 3.8) is 0 Å². The molecule has 0 N–H and O–H groups in total. The van der Waals surface area contributed by atoms with Crippen molar-refractivity contribution < 1.29 is 23.7 Å². The number of rotatable bonds is 8. The first-order valence-corrected chi connectivity index (χ1v) is 10.7. The van der Waals surface area contributed by atoms with Crippen LogP contribution in [0.3, 0.4) is 0 Å². The quantitative estimate of drug-likeness (QED) is 0.252. The average Bonchev–Trinajstić information content (AvgIpc) is 3.19. The standard InChI is InChI=1S/C26H22ClNO5/c1-17-8-6-7-11-22(17)31-12-13-32-24-20(27)14-18(16-23(24)30-2)15-21-26(29)33-25(28-21)19-9-4-3-5-10-19/h3-11,14-16H,12-13H2,1-2H3. The Balaban J connectivity index is 1.47. The van der Waals surface area contributed by atoms with Crippen molar-refractivity contribution in [1.82, 2.24) is 0 Å². The molecule has 1 aliphatic rings. The summed E-state index contributed by atoms with van der Waals surface area (Å²) in [5.41, 5.74) is 2.58. The lowest BCUT2D eigenvalue weighted by molar-refractivity contribution is -0.129. The number of aliphatic imine (C=N–C) groups is 1. The lowest BCUT2D eigenvalue weighted by Gasteiger charge is -2.14. The van der Waals surface area contributed by atoms with Gasteiger partial charge in [0.05, 0.1) is 12.1 Å². The maximum Gasteiger partial charge on any atom is 0.363 e. The summed E-state index contributed by atoms with van der Waals surface area (Å²) < 4.78 is 22.3. The number of aryl methyl sites for hydroxylation is 1. The van der Waals surface area contributed by atoms with E-state index in [0.717, 1.165) is 16.9 Å². The van der Waals surface area contributed by atoms with Crippen LogP contribution >= 0.6 is 11.6 Å². The van der Waals surface area contributed by atoms with Crippen molar-refractivity contribution in [2.75, 3.05) is 20.3 Å². The molecule has 1 aliphatic heterocycles. The van der Waals surface area contributed by atoms with Crippen LogP contribution in [0.2, 0.25) is 5.02 Å². The number of carbonyl (C=O) groups is 1. The van der Waals surface area contributed by atoms with Gasteiger partial charge in [0, 0.05) is 5.56 Å². The van der Waals surface area contributed by atoms with Crippen LogP contribution < -0.4 is 14.2 Å². The third kappa shape index (κ3) is 5.35. The van der Waals surface area contributed by atoms with Gasteiger partial charge in [-0.15, -0.1) is 0 Å². The maximum atomic E-state index is 12.3. The third-order valence-corrected chi connectivity index (χ3v) is 5.16. The van der Waals surface area contributed by atoms with E-state index in [1.165, 1.54) is 7.11 Å². The molecule has 3 aromatic carbocycles. The summed E-state index contributed by atoms with van der Waals surface area (Å²) in [4.78, 5) is 16.6. The van der Waals surface area contributed by atoms with Crippen LogP contribution in [0.15, 0.2) is 77.4 Å². The Morgan fingerprint density at radius 2 is 1.70 bits per heavy atom. The van der Waals surface area contributed by atoms with Crippen LogP contribution in [0.1, 0.15) is 16.7 Å². The predicted molar refractivity (Wildman–Crippen MR) is 127 cm³/mol. The number of cyclic esters (lactones) is 1. The van der Waals surface area contributed by atoms with Gasteiger partial charge in [-0.25, -0.2) is 9.79 Å². The molecule has 33 heavy (non-hydrogen) atoms. The molecule has 0 unspecified atom stereocenters. The SMILES string of the molecule is COc1cc(C=C2N=C(c3ccccc3)OC2=O)cc(Cl)c1OCCOc1ccccc1C. The molecule has 0 bridgehead atoms. The smallest absolute Gasteiger partial charge is 0.363 e. The van der Waals surface area contributed by atoms with E-state index in [9.17, 15) is 4.79 Å². The number of para-hydroxylation sites is 1. The molecule has 4 rings (SSSR count). The van der Waals surface area contributed by atoms with Crippen molar-refractivity contribution in [2.45, 2.75) is 6.92 Å². The van der Waals surface area contributed by atoms with E-state index in [4.69, 9.17) is 30.5 Å². The molecular weight excluding hydrogens is 442 g/mol. The normalized spacial score (nSPS) is 14.1. The van der Waals surface area contributed by atoms with Crippen LogP contribution in [0.5, 0.6) is 17.2 Å². The Morgan fingerprint density at radius 1 is 0.970 bits per heavy atom. The highest BCUT2D eigenvalue weighted by atomic mass is 35.5. The molecule has 0 amide bonds. The number of benzene rings is 3. The van der Waals surface area contributed by atoms with Crippen LogP contribution in [-0.4, -0.2) is 32.2 Å². The highest BCUT2D eigenvalue weighted by Crippen LogP contribution is 2.37. The molecule has 0 saturated carbocycles. The fourth-order valence-electron chi connectivity index (χ4n) is 3.25. The summed E-state index contributed by atoms with van der Waals surface area (Å²) in [7, 11) is 1.52. The number of carbonyl (C=O) groups excluding carboxylic acids is 1. The molecule has 0 aromatic heterocycles. The minimum atomic E-state index is -0.530. The van der Waals surface area contributed by atoms with E-state index in [2.05, 4.69) is 4.99 Å². The number of hydrogen-bond donors (Lipinski definition) is 0. The van der Waals surface area contributed by atoms with Gasteiger partial charge in [-0.05, 0) is 54.5 Å². The second kappa shape index (κ2) is 10.2. The number of methoxy groups -OCH3 is 1. The lowest BCUT2D eigenvalue weighted by atomic mass is 10.1. The largest absolute Gasteiger partial charge is 0.493 e. The summed E-state index contributed by atoms with van der Waals surface area (Å²) in [6.45, 7) is 2.61. The third-order valence-electron chi connectivity index (χ3n) is 4.88. The fraction of sp³-hybridized carbons (Fsp3) is 0.154. The molecule has 0 atom stereocenters. The van der Waals surface area contributed by atoms with Gasteiger partial charge in [-0.1, -0.05) is 48.0 Å².